The van der Waals surface area contributed by atoms with E-state index in [2.05, 4.69) is 34.9 Å². The van der Waals surface area contributed by atoms with E-state index in [1.807, 2.05) is 36.4 Å². The lowest BCUT2D eigenvalue weighted by Gasteiger charge is -2.24. The van der Waals surface area contributed by atoms with Crippen molar-refractivity contribution < 1.29 is 27.4 Å². The van der Waals surface area contributed by atoms with E-state index >= 15 is 0 Å². The molecule has 1 atom stereocenters. The van der Waals surface area contributed by atoms with Gasteiger partial charge >= 0.3 is 12.3 Å². The summed E-state index contributed by atoms with van der Waals surface area (Å²) >= 11 is 0. The maximum Gasteiger partial charge on any atom is 0.573 e. The molecule has 0 aliphatic rings. The highest BCUT2D eigenvalue weighted by molar-refractivity contribution is 7.50. The predicted molar refractivity (Wildman–Crippen MR) is 140 cm³/mol. The molecular weight excluding hydrogens is 497 g/mol. The number of esters is 1. The Kier molecular flexibility index (Phi) is 6.14. The standard InChI is InChI=1S/C30H20F3O3S/c1-3-29(2,21-15-17-22(18-16-21)35-30(31,32)33)36-28(34)20-9-8-10-23(19-20)37-26-13-6-4-11-24(26)25-12-5-7-14-27(25)37/h1,4-19H,2H3/q+1. The van der Waals surface area contributed by atoms with E-state index < -0.39 is 34.2 Å². The minimum absolute atomic E-state index is 0.324. The Hall–Kier alpha value is -4.28. The molecule has 0 spiro atoms. The molecule has 184 valence electrons. The monoisotopic (exact) mass is 517 g/mol. The second-order valence-corrected chi connectivity index (χ2v) is 10.4. The third-order valence-electron chi connectivity index (χ3n) is 6.02. The molecular formula is C30H20F3O3S+. The number of ether oxygens (including phenoxy) is 2. The van der Waals surface area contributed by atoms with Crippen LogP contribution in [-0.4, -0.2) is 12.3 Å². The van der Waals surface area contributed by atoms with Crippen molar-refractivity contribution in [3.05, 3.63) is 108 Å². The maximum atomic E-state index is 13.2. The van der Waals surface area contributed by atoms with E-state index in [4.69, 9.17) is 11.2 Å². The van der Waals surface area contributed by atoms with Crippen molar-refractivity contribution in [3.8, 4) is 23.0 Å². The van der Waals surface area contributed by atoms with Crippen LogP contribution in [0, 0.1) is 12.3 Å². The first kappa shape index (κ1) is 24.4. The van der Waals surface area contributed by atoms with Crippen LogP contribution in [0.15, 0.2) is 97.1 Å². The summed E-state index contributed by atoms with van der Waals surface area (Å²) < 4.78 is 49.5. The van der Waals surface area contributed by atoms with Crippen molar-refractivity contribution >= 4 is 36.6 Å². The molecule has 0 saturated heterocycles. The predicted octanol–water partition coefficient (Wildman–Crippen LogP) is 8.34. The lowest BCUT2D eigenvalue weighted by atomic mass is 9.96. The van der Waals surface area contributed by atoms with Gasteiger partial charge in [0, 0.05) is 32.9 Å². The van der Waals surface area contributed by atoms with E-state index in [9.17, 15) is 18.0 Å². The molecule has 1 unspecified atom stereocenters. The van der Waals surface area contributed by atoms with E-state index in [0.717, 1.165) is 17.0 Å². The smallest absolute Gasteiger partial charge is 0.438 e. The summed E-state index contributed by atoms with van der Waals surface area (Å²) in [4.78, 5) is 14.2. The van der Waals surface area contributed by atoms with Gasteiger partial charge in [-0.3, -0.25) is 0 Å². The van der Waals surface area contributed by atoms with Gasteiger partial charge in [-0.2, -0.15) is 0 Å². The van der Waals surface area contributed by atoms with Crippen molar-refractivity contribution in [1.29, 1.82) is 0 Å². The first-order valence-corrected chi connectivity index (χ1v) is 12.5. The third kappa shape index (κ3) is 4.76. The number of carbonyl (C=O) groups is 1. The summed E-state index contributed by atoms with van der Waals surface area (Å²) in [6.45, 7) is 1.51. The number of hydrogen-bond acceptors (Lipinski definition) is 3. The van der Waals surface area contributed by atoms with E-state index in [0.29, 0.717) is 11.1 Å². The number of terminal acetylenes is 1. The first-order valence-electron chi connectivity index (χ1n) is 11.3. The molecule has 4 aromatic carbocycles. The Morgan fingerprint density at radius 2 is 1.43 bits per heavy atom. The minimum atomic E-state index is -4.81. The fourth-order valence-corrected chi connectivity index (χ4v) is 6.68. The summed E-state index contributed by atoms with van der Waals surface area (Å²) in [5.74, 6) is 1.42. The number of carbonyl (C=O) groups excluding carboxylic acids is 1. The van der Waals surface area contributed by atoms with Crippen molar-refractivity contribution in [1.82, 2.24) is 0 Å². The molecule has 1 heterocycles. The number of fused-ring (bicyclic) bond motifs is 3. The highest BCUT2D eigenvalue weighted by atomic mass is 32.2. The molecule has 0 bridgehead atoms. The molecule has 5 rings (SSSR count). The van der Waals surface area contributed by atoms with Gasteiger partial charge in [0.05, 0.1) is 5.56 Å². The van der Waals surface area contributed by atoms with Crippen LogP contribution in [0.25, 0.3) is 25.1 Å². The molecule has 0 aliphatic carbocycles. The number of thiophene rings is 1. The Bertz CT molecular complexity index is 1610. The second kappa shape index (κ2) is 9.30. The second-order valence-electron chi connectivity index (χ2n) is 8.47. The number of alkyl halides is 3. The molecule has 0 fully saturated rings. The number of halogens is 3. The molecule has 3 nitrogen and oxygen atoms in total. The van der Waals surface area contributed by atoms with Gasteiger partial charge in [-0.1, -0.05) is 48.4 Å². The largest absolute Gasteiger partial charge is 0.573 e. The van der Waals surface area contributed by atoms with Gasteiger partial charge in [-0.15, -0.1) is 19.6 Å². The Morgan fingerprint density at radius 1 is 0.838 bits per heavy atom. The van der Waals surface area contributed by atoms with Gasteiger partial charge in [0.1, 0.15) is 5.75 Å². The molecule has 5 aromatic rings. The van der Waals surface area contributed by atoms with Crippen LogP contribution in [0.5, 0.6) is 5.75 Å². The average molecular weight is 518 g/mol. The fraction of sp³-hybridized carbons (Fsp3) is 0.100. The Balaban J connectivity index is 1.47. The number of hydrogen-bond donors (Lipinski definition) is 0. The third-order valence-corrected chi connectivity index (χ3v) is 8.34. The number of benzene rings is 4. The molecule has 7 heteroatoms. The van der Waals surface area contributed by atoms with Gasteiger partial charge in [-0.25, -0.2) is 4.79 Å². The highest BCUT2D eigenvalue weighted by Crippen LogP contribution is 2.48. The van der Waals surface area contributed by atoms with Gasteiger partial charge in [0.25, 0.3) is 0 Å². The lowest BCUT2D eigenvalue weighted by molar-refractivity contribution is -0.274. The van der Waals surface area contributed by atoms with Gasteiger partial charge in [0.15, 0.2) is 19.9 Å². The van der Waals surface area contributed by atoms with Gasteiger partial charge in [0.2, 0.25) is 0 Å². The van der Waals surface area contributed by atoms with Crippen LogP contribution in [0.1, 0.15) is 22.8 Å². The van der Waals surface area contributed by atoms with Crippen LogP contribution < -0.4 is 4.74 Å². The fourth-order valence-electron chi connectivity index (χ4n) is 4.25. The van der Waals surface area contributed by atoms with Crippen LogP contribution in [0.4, 0.5) is 13.2 Å². The van der Waals surface area contributed by atoms with E-state index in [-0.39, 0.29) is 0 Å². The zero-order chi connectivity index (χ0) is 26.2. The van der Waals surface area contributed by atoms with Crippen molar-refractivity contribution in [2.75, 3.05) is 0 Å². The summed E-state index contributed by atoms with van der Waals surface area (Å²) in [6.07, 6.45) is 0.894. The topological polar surface area (TPSA) is 35.5 Å². The first-order chi connectivity index (χ1) is 17.7. The number of rotatable bonds is 5. The quantitative estimate of drug-likeness (QED) is 0.134. The molecule has 1 aromatic heterocycles. The van der Waals surface area contributed by atoms with Crippen molar-refractivity contribution in [2.45, 2.75) is 18.9 Å². The highest BCUT2D eigenvalue weighted by Gasteiger charge is 2.33. The summed E-state index contributed by atoms with van der Waals surface area (Å²) in [6, 6.07) is 28.6. The normalized spacial score (nSPS) is 13.2. The Morgan fingerprint density at radius 3 is 2.00 bits per heavy atom. The van der Waals surface area contributed by atoms with Gasteiger partial charge < -0.3 is 9.47 Å². The van der Waals surface area contributed by atoms with E-state index in [1.165, 1.54) is 39.2 Å². The summed E-state index contributed by atoms with van der Waals surface area (Å²) in [7, 11) is -0.393. The van der Waals surface area contributed by atoms with Crippen molar-refractivity contribution in [2.24, 2.45) is 0 Å². The zero-order valence-electron chi connectivity index (χ0n) is 19.6. The van der Waals surface area contributed by atoms with E-state index in [1.54, 1.807) is 12.1 Å². The zero-order valence-corrected chi connectivity index (χ0v) is 20.4. The minimum Gasteiger partial charge on any atom is -0.438 e. The summed E-state index contributed by atoms with van der Waals surface area (Å²) in [5.41, 5.74) is -0.835. The van der Waals surface area contributed by atoms with Crippen LogP contribution in [-0.2, 0) is 10.3 Å². The lowest BCUT2D eigenvalue weighted by Crippen LogP contribution is -2.27. The summed E-state index contributed by atoms with van der Waals surface area (Å²) in [5, 5.41) is 2.35. The molecule has 0 saturated carbocycles. The molecule has 0 aliphatic heterocycles. The molecule has 37 heavy (non-hydrogen) atoms. The average Bonchev–Trinajstić information content (AvgIpc) is 3.22. The maximum absolute atomic E-state index is 13.2. The van der Waals surface area contributed by atoms with Crippen molar-refractivity contribution in [3.63, 3.8) is 0 Å². The van der Waals surface area contributed by atoms with Crippen LogP contribution in [0.3, 0.4) is 0 Å². The molecule has 0 amide bonds. The van der Waals surface area contributed by atoms with Gasteiger partial charge in [-0.05, 0) is 55.5 Å². The Labute approximate surface area is 214 Å². The SMILES string of the molecule is C#CC(C)(OC(=O)c1cccc(-[s+]2c3ccccc3c3ccccc32)c1)c1ccc(OC(F)(F)F)cc1. The van der Waals surface area contributed by atoms with Crippen LogP contribution >= 0.6 is 10.5 Å². The van der Waals surface area contributed by atoms with Crippen LogP contribution in [0.2, 0.25) is 0 Å². The molecule has 0 radical (unpaired) electrons. The molecule has 0 N–H and O–H groups in total.